The number of aromatic nitrogens is 1. The lowest BCUT2D eigenvalue weighted by Crippen LogP contribution is -1.95. The van der Waals surface area contributed by atoms with E-state index in [-0.39, 0.29) is 10.9 Å². The summed E-state index contributed by atoms with van der Waals surface area (Å²) < 4.78 is 29.0. The number of alkyl halides is 2. The number of nitrogens with zero attached hydrogens (tertiary/aromatic N) is 1. The average Bonchev–Trinajstić information content (AvgIpc) is 2.09. The molecule has 0 aromatic carbocycles. The molecular formula is C7H6ClF2NO2. The van der Waals surface area contributed by atoms with E-state index in [0.717, 1.165) is 6.07 Å². The van der Waals surface area contributed by atoms with Crippen LogP contribution in [0.1, 0.15) is 12.1 Å². The monoisotopic (exact) mass is 209 g/mol. The number of aromatic hydroxyl groups is 1. The number of halogens is 3. The van der Waals surface area contributed by atoms with Gasteiger partial charge in [0.05, 0.1) is 12.1 Å². The standard InChI is InChI=1S/C7H6ClF2NO2/c1-13-4-2-3(8)6(12)5(11-4)7(9)10/h2,7,12H,1H3. The molecule has 1 rings (SSSR count). The summed E-state index contributed by atoms with van der Waals surface area (Å²) in [6, 6.07) is 1.16. The number of pyridine rings is 1. The summed E-state index contributed by atoms with van der Waals surface area (Å²) >= 11 is 5.44. The zero-order chi connectivity index (χ0) is 10.0. The summed E-state index contributed by atoms with van der Waals surface area (Å²) in [5.41, 5.74) is -0.774. The van der Waals surface area contributed by atoms with Gasteiger partial charge >= 0.3 is 0 Å². The molecule has 1 N–H and O–H groups in total. The van der Waals surface area contributed by atoms with Gasteiger partial charge in [-0.15, -0.1) is 0 Å². The van der Waals surface area contributed by atoms with Gasteiger partial charge in [0.25, 0.3) is 6.43 Å². The zero-order valence-corrected chi connectivity index (χ0v) is 7.35. The zero-order valence-electron chi connectivity index (χ0n) is 6.59. The molecule has 0 atom stereocenters. The van der Waals surface area contributed by atoms with Crippen molar-refractivity contribution in [2.45, 2.75) is 6.43 Å². The van der Waals surface area contributed by atoms with Crippen molar-refractivity contribution >= 4 is 11.6 Å². The Hall–Kier alpha value is -1.10. The van der Waals surface area contributed by atoms with E-state index >= 15 is 0 Å². The molecule has 0 spiro atoms. The van der Waals surface area contributed by atoms with Crippen LogP contribution in [0.4, 0.5) is 8.78 Å². The summed E-state index contributed by atoms with van der Waals surface area (Å²) in [5, 5.41) is 8.85. The second kappa shape index (κ2) is 3.74. The number of hydrogen-bond acceptors (Lipinski definition) is 3. The fraction of sp³-hybridized carbons (Fsp3) is 0.286. The molecule has 0 aliphatic rings. The molecule has 3 nitrogen and oxygen atoms in total. The van der Waals surface area contributed by atoms with E-state index < -0.39 is 17.9 Å². The summed E-state index contributed by atoms with van der Waals surface area (Å²) in [6.07, 6.45) is -2.88. The van der Waals surface area contributed by atoms with E-state index in [1.807, 2.05) is 0 Å². The van der Waals surface area contributed by atoms with Crippen molar-refractivity contribution in [3.8, 4) is 11.6 Å². The van der Waals surface area contributed by atoms with E-state index in [9.17, 15) is 8.78 Å². The molecular weight excluding hydrogens is 204 g/mol. The maximum absolute atomic E-state index is 12.2. The molecule has 1 heterocycles. The predicted octanol–water partition coefficient (Wildman–Crippen LogP) is 2.39. The van der Waals surface area contributed by atoms with Gasteiger partial charge in [-0.2, -0.15) is 0 Å². The lowest BCUT2D eigenvalue weighted by atomic mass is 10.3. The van der Waals surface area contributed by atoms with Crippen LogP contribution in [0.2, 0.25) is 5.02 Å². The van der Waals surface area contributed by atoms with Gasteiger partial charge in [0, 0.05) is 6.07 Å². The van der Waals surface area contributed by atoms with Gasteiger partial charge in [0.15, 0.2) is 11.4 Å². The third-order valence-corrected chi connectivity index (χ3v) is 1.65. The van der Waals surface area contributed by atoms with Gasteiger partial charge in [-0.25, -0.2) is 13.8 Å². The van der Waals surface area contributed by atoms with Crippen LogP contribution in [-0.4, -0.2) is 17.2 Å². The number of ether oxygens (including phenoxy) is 1. The average molecular weight is 210 g/mol. The van der Waals surface area contributed by atoms with Crippen LogP contribution in [0.25, 0.3) is 0 Å². The molecule has 0 saturated heterocycles. The maximum Gasteiger partial charge on any atom is 0.284 e. The van der Waals surface area contributed by atoms with Crippen molar-refractivity contribution in [2.75, 3.05) is 7.11 Å². The third kappa shape index (κ3) is 1.98. The quantitative estimate of drug-likeness (QED) is 0.813. The molecule has 0 saturated carbocycles. The van der Waals surface area contributed by atoms with Gasteiger partial charge in [0.1, 0.15) is 0 Å². The van der Waals surface area contributed by atoms with E-state index in [1.54, 1.807) is 0 Å². The number of methoxy groups -OCH3 is 1. The molecule has 0 aliphatic carbocycles. The first-order valence-electron chi connectivity index (χ1n) is 3.27. The molecule has 6 heteroatoms. The highest BCUT2D eigenvalue weighted by Crippen LogP contribution is 2.34. The minimum atomic E-state index is -2.88. The minimum Gasteiger partial charge on any atom is -0.504 e. The highest BCUT2D eigenvalue weighted by Gasteiger charge is 2.18. The second-order valence-electron chi connectivity index (χ2n) is 2.18. The summed E-state index contributed by atoms with van der Waals surface area (Å²) in [5.74, 6) is -0.768. The van der Waals surface area contributed by atoms with Crippen molar-refractivity contribution in [3.05, 3.63) is 16.8 Å². The van der Waals surface area contributed by atoms with Crippen LogP contribution in [0, 0.1) is 0 Å². The number of hydrogen-bond donors (Lipinski definition) is 1. The van der Waals surface area contributed by atoms with Crippen molar-refractivity contribution in [1.29, 1.82) is 0 Å². The normalized spacial score (nSPS) is 10.5. The molecule has 1 aromatic heterocycles. The summed E-state index contributed by atoms with van der Waals surface area (Å²) in [4.78, 5) is 3.34. The third-order valence-electron chi connectivity index (χ3n) is 1.37. The van der Waals surface area contributed by atoms with Crippen LogP contribution < -0.4 is 4.74 Å². The molecule has 0 aliphatic heterocycles. The Morgan fingerprint density at radius 2 is 2.23 bits per heavy atom. The second-order valence-corrected chi connectivity index (χ2v) is 2.59. The first-order valence-corrected chi connectivity index (χ1v) is 3.65. The predicted molar refractivity (Wildman–Crippen MR) is 42.4 cm³/mol. The molecule has 0 fully saturated rings. The fourth-order valence-corrected chi connectivity index (χ4v) is 0.950. The van der Waals surface area contributed by atoms with E-state index in [4.69, 9.17) is 16.7 Å². The Morgan fingerprint density at radius 1 is 1.62 bits per heavy atom. The van der Waals surface area contributed by atoms with Crippen LogP contribution in [-0.2, 0) is 0 Å². The van der Waals surface area contributed by atoms with E-state index in [1.165, 1.54) is 7.11 Å². The fourth-order valence-electron chi connectivity index (χ4n) is 0.760. The Kier molecular flexibility index (Phi) is 2.87. The SMILES string of the molecule is COc1cc(Cl)c(O)c(C(F)F)n1. The van der Waals surface area contributed by atoms with Crippen LogP contribution in [0.5, 0.6) is 11.6 Å². The first kappa shape index (κ1) is 9.98. The van der Waals surface area contributed by atoms with Crippen molar-refractivity contribution < 1.29 is 18.6 Å². The lowest BCUT2D eigenvalue weighted by molar-refractivity contribution is 0.140. The molecule has 0 bridgehead atoms. The molecule has 0 amide bonds. The smallest absolute Gasteiger partial charge is 0.284 e. The Bertz CT molecular complexity index is 320. The van der Waals surface area contributed by atoms with Gasteiger partial charge in [0.2, 0.25) is 5.88 Å². The highest BCUT2D eigenvalue weighted by molar-refractivity contribution is 6.32. The first-order chi connectivity index (χ1) is 6.06. The van der Waals surface area contributed by atoms with Crippen molar-refractivity contribution in [1.82, 2.24) is 4.98 Å². The van der Waals surface area contributed by atoms with Crippen LogP contribution in [0.15, 0.2) is 6.07 Å². The van der Waals surface area contributed by atoms with Gasteiger partial charge < -0.3 is 9.84 Å². The van der Waals surface area contributed by atoms with Crippen LogP contribution in [0.3, 0.4) is 0 Å². The largest absolute Gasteiger partial charge is 0.504 e. The Morgan fingerprint density at radius 3 is 2.69 bits per heavy atom. The molecule has 0 radical (unpaired) electrons. The van der Waals surface area contributed by atoms with E-state index in [0.29, 0.717) is 0 Å². The highest BCUT2D eigenvalue weighted by atomic mass is 35.5. The van der Waals surface area contributed by atoms with Crippen LogP contribution >= 0.6 is 11.6 Å². The maximum atomic E-state index is 12.2. The molecule has 1 aromatic rings. The minimum absolute atomic E-state index is 0.0573. The topological polar surface area (TPSA) is 42.4 Å². The van der Waals surface area contributed by atoms with Gasteiger partial charge in [-0.1, -0.05) is 11.6 Å². The molecule has 13 heavy (non-hydrogen) atoms. The molecule has 0 unspecified atom stereocenters. The molecule has 72 valence electrons. The van der Waals surface area contributed by atoms with Gasteiger partial charge in [-0.05, 0) is 0 Å². The van der Waals surface area contributed by atoms with E-state index in [2.05, 4.69) is 9.72 Å². The van der Waals surface area contributed by atoms with Gasteiger partial charge in [-0.3, -0.25) is 0 Å². The number of rotatable bonds is 2. The summed E-state index contributed by atoms with van der Waals surface area (Å²) in [6.45, 7) is 0. The summed E-state index contributed by atoms with van der Waals surface area (Å²) in [7, 11) is 1.27. The Labute approximate surface area is 77.9 Å². The van der Waals surface area contributed by atoms with Crippen molar-refractivity contribution in [3.63, 3.8) is 0 Å². The lowest BCUT2D eigenvalue weighted by Gasteiger charge is -2.06. The Balaban J connectivity index is 3.25. The van der Waals surface area contributed by atoms with Crippen molar-refractivity contribution in [2.24, 2.45) is 0 Å².